The number of H-pyrrole nitrogens is 1. The predicted molar refractivity (Wildman–Crippen MR) is 73.2 cm³/mol. The van der Waals surface area contributed by atoms with Crippen molar-refractivity contribution in [2.75, 3.05) is 13.1 Å². The Labute approximate surface area is 114 Å². The van der Waals surface area contributed by atoms with Gasteiger partial charge in [-0.2, -0.15) is 9.40 Å². The zero-order chi connectivity index (χ0) is 13.9. The van der Waals surface area contributed by atoms with Crippen LogP contribution in [0.3, 0.4) is 0 Å². The van der Waals surface area contributed by atoms with Crippen LogP contribution in [0.5, 0.6) is 0 Å². The van der Waals surface area contributed by atoms with Crippen molar-refractivity contribution in [1.82, 2.24) is 19.8 Å². The standard InChI is InChI=1S/C12H22N4O2S/c1-3-13-8-11-9-14-15-12(11)19(17,18)16-7-5-4-6-10(16)2/h9-10,13H,3-8H2,1-2H3,(H,14,15). The van der Waals surface area contributed by atoms with Crippen molar-refractivity contribution < 1.29 is 8.42 Å². The number of rotatable bonds is 5. The first-order chi connectivity index (χ1) is 9.07. The summed E-state index contributed by atoms with van der Waals surface area (Å²) in [7, 11) is -3.45. The molecule has 0 bridgehead atoms. The Kier molecular flexibility index (Phi) is 4.59. The van der Waals surface area contributed by atoms with E-state index >= 15 is 0 Å². The number of nitrogens with zero attached hydrogens (tertiary/aromatic N) is 2. The quantitative estimate of drug-likeness (QED) is 0.849. The summed E-state index contributed by atoms with van der Waals surface area (Å²) in [4.78, 5) is 0. The molecule has 1 aliphatic rings. The van der Waals surface area contributed by atoms with Crippen LogP contribution in [0.1, 0.15) is 38.7 Å². The van der Waals surface area contributed by atoms with E-state index in [1.54, 1.807) is 10.5 Å². The first-order valence-corrected chi connectivity index (χ1v) is 8.26. The Morgan fingerprint density at radius 3 is 3.00 bits per heavy atom. The second-order valence-electron chi connectivity index (χ2n) is 4.97. The highest BCUT2D eigenvalue weighted by molar-refractivity contribution is 7.89. The molecule has 1 fully saturated rings. The van der Waals surface area contributed by atoms with Crippen molar-refractivity contribution >= 4 is 10.0 Å². The van der Waals surface area contributed by atoms with Gasteiger partial charge in [-0.3, -0.25) is 5.10 Å². The van der Waals surface area contributed by atoms with Gasteiger partial charge in [0.25, 0.3) is 10.0 Å². The third-order valence-electron chi connectivity index (χ3n) is 3.55. The van der Waals surface area contributed by atoms with Crippen molar-refractivity contribution in [3.8, 4) is 0 Å². The smallest absolute Gasteiger partial charge is 0.260 e. The molecule has 0 aliphatic carbocycles. The van der Waals surface area contributed by atoms with E-state index in [2.05, 4.69) is 15.5 Å². The normalized spacial score (nSPS) is 21.7. The predicted octanol–water partition coefficient (Wildman–Crippen LogP) is 1.08. The Morgan fingerprint density at radius 1 is 1.53 bits per heavy atom. The minimum absolute atomic E-state index is 0.0639. The monoisotopic (exact) mass is 286 g/mol. The maximum Gasteiger partial charge on any atom is 0.260 e. The maximum atomic E-state index is 12.7. The Bertz CT molecular complexity index is 512. The molecular weight excluding hydrogens is 264 g/mol. The summed E-state index contributed by atoms with van der Waals surface area (Å²) in [5.74, 6) is 0. The molecule has 1 aromatic heterocycles. The Balaban J connectivity index is 2.26. The summed E-state index contributed by atoms with van der Waals surface area (Å²) in [6.45, 7) is 5.87. The first kappa shape index (κ1) is 14.5. The van der Waals surface area contributed by atoms with Crippen molar-refractivity contribution in [2.24, 2.45) is 0 Å². The van der Waals surface area contributed by atoms with Crippen molar-refractivity contribution in [3.05, 3.63) is 11.8 Å². The van der Waals surface area contributed by atoms with E-state index in [4.69, 9.17) is 0 Å². The van der Waals surface area contributed by atoms with Gasteiger partial charge in [0.15, 0.2) is 5.03 Å². The van der Waals surface area contributed by atoms with Crippen molar-refractivity contribution in [2.45, 2.75) is 50.7 Å². The molecule has 1 atom stereocenters. The van der Waals surface area contributed by atoms with Crippen LogP contribution in [0.2, 0.25) is 0 Å². The molecule has 0 radical (unpaired) electrons. The molecule has 0 aromatic carbocycles. The summed E-state index contributed by atoms with van der Waals surface area (Å²) in [5.41, 5.74) is 0.708. The SMILES string of the molecule is CCNCc1cn[nH]c1S(=O)(=O)N1CCCCC1C. The number of hydrogen-bond donors (Lipinski definition) is 2. The molecule has 1 unspecified atom stereocenters. The lowest BCUT2D eigenvalue weighted by atomic mass is 10.1. The highest BCUT2D eigenvalue weighted by atomic mass is 32.2. The average molecular weight is 286 g/mol. The van der Waals surface area contributed by atoms with E-state index in [-0.39, 0.29) is 11.1 Å². The van der Waals surface area contributed by atoms with Gasteiger partial charge in [-0.15, -0.1) is 0 Å². The molecule has 19 heavy (non-hydrogen) atoms. The lowest BCUT2D eigenvalue weighted by Gasteiger charge is -2.31. The molecule has 1 aliphatic heterocycles. The van der Waals surface area contributed by atoms with Crippen LogP contribution >= 0.6 is 0 Å². The van der Waals surface area contributed by atoms with Crippen LogP contribution < -0.4 is 5.32 Å². The van der Waals surface area contributed by atoms with E-state index in [0.29, 0.717) is 18.7 Å². The van der Waals surface area contributed by atoms with Crippen LogP contribution in [0, 0.1) is 0 Å². The third kappa shape index (κ3) is 2.98. The molecule has 2 heterocycles. The Morgan fingerprint density at radius 2 is 2.32 bits per heavy atom. The van der Waals surface area contributed by atoms with Gasteiger partial charge in [-0.05, 0) is 26.3 Å². The number of sulfonamides is 1. The van der Waals surface area contributed by atoms with Crippen molar-refractivity contribution in [3.63, 3.8) is 0 Å². The molecule has 1 saturated heterocycles. The number of hydrogen-bond acceptors (Lipinski definition) is 4. The van der Waals surface area contributed by atoms with Gasteiger partial charge >= 0.3 is 0 Å². The number of piperidine rings is 1. The van der Waals surface area contributed by atoms with Gasteiger partial charge in [-0.25, -0.2) is 8.42 Å². The molecule has 7 heteroatoms. The third-order valence-corrected chi connectivity index (χ3v) is 5.58. The van der Waals surface area contributed by atoms with E-state index in [0.717, 1.165) is 25.8 Å². The molecule has 108 valence electrons. The molecule has 2 N–H and O–H groups in total. The minimum atomic E-state index is -3.45. The topological polar surface area (TPSA) is 78.1 Å². The molecule has 0 spiro atoms. The zero-order valence-corrected chi connectivity index (χ0v) is 12.3. The molecular formula is C12H22N4O2S. The summed E-state index contributed by atoms with van der Waals surface area (Å²) in [6.07, 6.45) is 4.54. The van der Waals surface area contributed by atoms with E-state index in [1.807, 2.05) is 13.8 Å². The molecule has 1 aromatic rings. The van der Waals surface area contributed by atoms with E-state index in [9.17, 15) is 8.42 Å². The molecule has 0 saturated carbocycles. The van der Waals surface area contributed by atoms with Crippen LogP contribution in [-0.4, -0.2) is 42.1 Å². The summed E-state index contributed by atoms with van der Waals surface area (Å²) < 4.78 is 26.9. The molecule has 6 nitrogen and oxygen atoms in total. The van der Waals surface area contributed by atoms with E-state index in [1.165, 1.54) is 0 Å². The van der Waals surface area contributed by atoms with Gasteiger partial charge in [0.2, 0.25) is 0 Å². The minimum Gasteiger partial charge on any atom is -0.313 e. The number of aromatic amines is 1. The fourth-order valence-corrected chi connectivity index (χ4v) is 4.26. The zero-order valence-electron chi connectivity index (χ0n) is 11.5. The number of aromatic nitrogens is 2. The summed E-state index contributed by atoms with van der Waals surface area (Å²) in [5, 5.41) is 9.92. The van der Waals surface area contributed by atoms with Crippen LogP contribution in [-0.2, 0) is 16.6 Å². The van der Waals surface area contributed by atoms with E-state index < -0.39 is 10.0 Å². The van der Waals surface area contributed by atoms with Gasteiger partial charge in [0.1, 0.15) is 0 Å². The Hall–Kier alpha value is -0.920. The number of nitrogens with one attached hydrogen (secondary N) is 2. The van der Waals surface area contributed by atoms with Crippen molar-refractivity contribution in [1.29, 1.82) is 0 Å². The summed E-state index contributed by atoms with van der Waals surface area (Å²) >= 11 is 0. The fraction of sp³-hybridized carbons (Fsp3) is 0.750. The lowest BCUT2D eigenvalue weighted by Crippen LogP contribution is -2.42. The average Bonchev–Trinajstić information content (AvgIpc) is 2.85. The van der Waals surface area contributed by atoms with Gasteiger partial charge in [0.05, 0.1) is 6.20 Å². The highest BCUT2D eigenvalue weighted by Gasteiger charge is 2.33. The molecule has 2 rings (SSSR count). The fourth-order valence-electron chi connectivity index (χ4n) is 2.45. The van der Waals surface area contributed by atoms with Crippen LogP contribution in [0.15, 0.2) is 11.2 Å². The first-order valence-electron chi connectivity index (χ1n) is 6.82. The largest absolute Gasteiger partial charge is 0.313 e. The highest BCUT2D eigenvalue weighted by Crippen LogP contribution is 2.25. The van der Waals surface area contributed by atoms with Gasteiger partial charge in [-0.1, -0.05) is 13.3 Å². The second kappa shape index (κ2) is 6.02. The second-order valence-corrected chi connectivity index (χ2v) is 6.79. The van der Waals surface area contributed by atoms with Gasteiger partial charge < -0.3 is 5.32 Å². The summed E-state index contributed by atoms with van der Waals surface area (Å²) in [6, 6.07) is 0.0639. The molecule has 0 amide bonds. The van der Waals surface area contributed by atoms with Crippen LogP contribution in [0.4, 0.5) is 0 Å². The lowest BCUT2D eigenvalue weighted by molar-refractivity contribution is 0.267. The van der Waals surface area contributed by atoms with Crippen LogP contribution in [0.25, 0.3) is 0 Å². The maximum absolute atomic E-state index is 12.7. The van der Waals surface area contributed by atoms with Gasteiger partial charge in [0, 0.05) is 24.7 Å².